The lowest BCUT2D eigenvalue weighted by atomic mass is 9.82. The van der Waals surface area contributed by atoms with Crippen molar-refractivity contribution in [3.8, 4) is 0 Å². The SMILES string of the molecule is Cl.NC1CC(CCl)C1. The Kier molecular flexibility index (Phi) is 3.78. The molecule has 2 N–H and O–H groups in total. The second-order valence-electron chi connectivity index (χ2n) is 2.25. The molecule has 1 aliphatic rings. The first-order valence-corrected chi connectivity index (χ1v) is 3.18. The molecular weight excluding hydrogens is 145 g/mol. The van der Waals surface area contributed by atoms with E-state index in [1.165, 1.54) is 0 Å². The smallest absolute Gasteiger partial charge is 0.0252 e. The van der Waals surface area contributed by atoms with Gasteiger partial charge in [0.15, 0.2) is 0 Å². The topological polar surface area (TPSA) is 26.0 Å². The summed E-state index contributed by atoms with van der Waals surface area (Å²) in [5, 5.41) is 0. The summed E-state index contributed by atoms with van der Waals surface area (Å²) in [5.41, 5.74) is 5.49. The van der Waals surface area contributed by atoms with Crippen molar-refractivity contribution in [1.29, 1.82) is 0 Å². The average molecular weight is 156 g/mol. The van der Waals surface area contributed by atoms with Crippen LogP contribution in [0.4, 0.5) is 0 Å². The molecule has 8 heavy (non-hydrogen) atoms. The molecule has 0 saturated heterocycles. The van der Waals surface area contributed by atoms with Crippen molar-refractivity contribution in [3.63, 3.8) is 0 Å². The maximum atomic E-state index is 5.51. The van der Waals surface area contributed by atoms with Gasteiger partial charge in [0.1, 0.15) is 0 Å². The highest BCUT2D eigenvalue weighted by Gasteiger charge is 2.24. The summed E-state index contributed by atoms with van der Waals surface area (Å²) >= 11 is 5.51. The number of nitrogens with two attached hydrogens (primary N) is 1. The molecule has 1 rings (SSSR count). The highest BCUT2D eigenvalue weighted by atomic mass is 35.5. The molecule has 0 heterocycles. The zero-order valence-electron chi connectivity index (χ0n) is 4.64. The van der Waals surface area contributed by atoms with E-state index in [9.17, 15) is 0 Å². The molecule has 0 amide bonds. The molecule has 0 atom stereocenters. The fourth-order valence-corrected chi connectivity index (χ4v) is 1.17. The highest BCUT2D eigenvalue weighted by Crippen LogP contribution is 2.25. The van der Waals surface area contributed by atoms with Gasteiger partial charge in [-0.25, -0.2) is 0 Å². The Morgan fingerprint density at radius 2 is 2.00 bits per heavy atom. The molecule has 0 bridgehead atoms. The molecule has 1 aliphatic carbocycles. The molecule has 0 aliphatic heterocycles. The first kappa shape index (κ1) is 8.54. The van der Waals surface area contributed by atoms with E-state index in [0.29, 0.717) is 6.04 Å². The minimum atomic E-state index is 0. The fourth-order valence-electron chi connectivity index (χ4n) is 0.913. The second-order valence-corrected chi connectivity index (χ2v) is 2.56. The van der Waals surface area contributed by atoms with Crippen LogP contribution in [0.5, 0.6) is 0 Å². The van der Waals surface area contributed by atoms with Gasteiger partial charge in [-0.1, -0.05) is 0 Å². The second kappa shape index (κ2) is 3.54. The summed E-state index contributed by atoms with van der Waals surface area (Å²) in [4.78, 5) is 0. The van der Waals surface area contributed by atoms with E-state index in [4.69, 9.17) is 17.3 Å². The molecule has 0 unspecified atom stereocenters. The molecule has 1 nitrogen and oxygen atoms in total. The van der Waals surface area contributed by atoms with Crippen LogP contribution in [0.1, 0.15) is 12.8 Å². The van der Waals surface area contributed by atoms with Gasteiger partial charge in [0, 0.05) is 11.9 Å². The van der Waals surface area contributed by atoms with E-state index in [-0.39, 0.29) is 12.4 Å². The summed E-state index contributed by atoms with van der Waals surface area (Å²) in [6, 6.07) is 0.462. The van der Waals surface area contributed by atoms with E-state index in [2.05, 4.69) is 0 Å². The van der Waals surface area contributed by atoms with Gasteiger partial charge in [-0.15, -0.1) is 24.0 Å². The zero-order chi connectivity index (χ0) is 5.28. The van der Waals surface area contributed by atoms with Crippen LogP contribution < -0.4 is 5.73 Å². The first-order valence-electron chi connectivity index (χ1n) is 2.64. The standard InChI is InChI=1S/C5H10ClN.ClH/c6-3-4-1-5(7)2-4;/h4-5H,1-3,7H2;1H. The van der Waals surface area contributed by atoms with E-state index < -0.39 is 0 Å². The summed E-state index contributed by atoms with van der Waals surface area (Å²) in [7, 11) is 0. The number of hydrogen-bond donors (Lipinski definition) is 1. The highest BCUT2D eigenvalue weighted by molar-refractivity contribution is 6.18. The van der Waals surface area contributed by atoms with Gasteiger partial charge in [0.05, 0.1) is 0 Å². The predicted octanol–water partition coefficient (Wildman–Crippen LogP) is 1.38. The van der Waals surface area contributed by atoms with E-state index in [1.54, 1.807) is 0 Å². The van der Waals surface area contributed by atoms with Gasteiger partial charge in [-0.3, -0.25) is 0 Å². The van der Waals surface area contributed by atoms with Crippen LogP contribution in [-0.2, 0) is 0 Å². The molecular formula is C5H11Cl2N. The van der Waals surface area contributed by atoms with Gasteiger partial charge in [-0.05, 0) is 18.8 Å². The Labute approximate surface area is 61.0 Å². The van der Waals surface area contributed by atoms with Crippen LogP contribution in [-0.4, -0.2) is 11.9 Å². The van der Waals surface area contributed by atoms with Crippen molar-refractivity contribution in [2.75, 3.05) is 5.88 Å². The lowest BCUT2D eigenvalue weighted by molar-refractivity contribution is 0.294. The Bertz CT molecular complexity index is 61.4. The van der Waals surface area contributed by atoms with Crippen molar-refractivity contribution in [2.45, 2.75) is 18.9 Å². The van der Waals surface area contributed by atoms with Crippen molar-refractivity contribution in [2.24, 2.45) is 11.7 Å². The fraction of sp³-hybridized carbons (Fsp3) is 1.00. The van der Waals surface area contributed by atoms with E-state index in [1.807, 2.05) is 0 Å². The van der Waals surface area contributed by atoms with E-state index >= 15 is 0 Å². The molecule has 0 aromatic rings. The molecule has 0 spiro atoms. The third kappa shape index (κ3) is 1.81. The van der Waals surface area contributed by atoms with Crippen LogP contribution >= 0.6 is 24.0 Å². The molecule has 0 radical (unpaired) electrons. The van der Waals surface area contributed by atoms with Gasteiger partial charge in [-0.2, -0.15) is 0 Å². The van der Waals surface area contributed by atoms with Crippen LogP contribution in [0.15, 0.2) is 0 Å². The van der Waals surface area contributed by atoms with Crippen LogP contribution in [0.2, 0.25) is 0 Å². The van der Waals surface area contributed by atoms with Gasteiger partial charge in [0.25, 0.3) is 0 Å². The summed E-state index contributed by atoms with van der Waals surface area (Å²) in [6.07, 6.45) is 2.28. The first-order chi connectivity index (χ1) is 3.33. The Morgan fingerprint density at radius 3 is 2.12 bits per heavy atom. The number of hydrogen-bond acceptors (Lipinski definition) is 1. The minimum absolute atomic E-state index is 0. The third-order valence-electron chi connectivity index (χ3n) is 1.49. The molecule has 0 aromatic heterocycles. The molecule has 1 saturated carbocycles. The Hall–Kier alpha value is 0.540. The van der Waals surface area contributed by atoms with Gasteiger partial charge in [0.2, 0.25) is 0 Å². The van der Waals surface area contributed by atoms with E-state index in [0.717, 1.165) is 24.6 Å². The van der Waals surface area contributed by atoms with Crippen LogP contribution in [0.3, 0.4) is 0 Å². The molecule has 3 heteroatoms. The molecule has 50 valence electrons. The monoisotopic (exact) mass is 155 g/mol. The maximum absolute atomic E-state index is 5.51. The number of alkyl halides is 1. The van der Waals surface area contributed by atoms with Crippen LogP contribution in [0, 0.1) is 5.92 Å². The summed E-state index contributed by atoms with van der Waals surface area (Å²) in [5.74, 6) is 1.53. The minimum Gasteiger partial charge on any atom is -0.328 e. The largest absolute Gasteiger partial charge is 0.328 e. The Morgan fingerprint density at radius 1 is 1.50 bits per heavy atom. The predicted molar refractivity (Wildman–Crippen MR) is 38.7 cm³/mol. The normalized spacial score (nSPS) is 35.2. The third-order valence-corrected chi connectivity index (χ3v) is 1.93. The average Bonchev–Trinajstić information content (AvgIpc) is 1.58. The maximum Gasteiger partial charge on any atom is 0.0252 e. The zero-order valence-corrected chi connectivity index (χ0v) is 6.21. The lowest BCUT2D eigenvalue weighted by Gasteiger charge is -2.30. The summed E-state index contributed by atoms with van der Waals surface area (Å²) in [6.45, 7) is 0. The van der Waals surface area contributed by atoms with Gasteiger partial charge < -0.3 is 5.73 Å². The number of halogens is 2. The quantitative estimate of drug-likeness (QED) is 0.570. The Balaban J connectivity index is 0.000000490. The summed E-state index contributed by atoms with van der Waals surface area (Å²) < 4.78 is 0. The van der Waals surface area contributed by atoms with Gasteiger partial charge >= 0.3 is 0 Å². The lowest BCUT2D eigenvalue weighted by Crippen LogP contribution is -2.36. The van der Waals surface area contributed by atoms with Crippen LogP contribution in [0.25, 0.3) is 0 Å². The van der Waals surface area contributed by atoms with Crippen molar-refractivity contribution < 1.29 is 0 Å². The number of rotatable bonds is 1. The van der Waals surface area contributed by atoms with Crippen molar-refractivity contribution in [3.05, 3.63) is 0 Å². The van der Waals surface area contributed by atoms with Crippen molar-refractivity contribution >= 4 is 24.0 Å². The molecule has 0 aromatic carbocycles. The molecule has 1 fully saturated rings. The van der Waals surface area contributed by atoms with Crippen molar-refractivity contribution in [1.82, 2.24) is 0 Å².